The first-order valence-corrected chi connectivity index (χ1v) is 10.1. The first-order chi connectivity index (χ1) is 13.4. The zero-order valence-corrected chi connectivity index (χ0v) is 16.1. The summed E-state index contributed by atoms with van der Waals surface area (Å²) >= 11 is 0. The molecule has 0 unspecified atom stereocenters. The van der Waals surface area contributed by atoms with E-state index in [9.17, 15) is 13.2 Å². The molecule has 2 aromatic heterocycles. The third-order valence-corrected chi connectivity index (χ3v) is 5.39. The van der Waals surface area contributed by atoms with Crippen molar-refractivity contribution in [3.63, 3.8) is 0 Å². The topological polar surface area (TPSA) is 101 Å². The van der Waals surface area contributed by atoms with Crippen LogP contribution in [0, 0.1) is 6.92 Å². The maximum absolute atomic E-state index is 12.2. The van der Waals surface area contributed by atoms with Gasteiger partial charge in [0.2, 0.25) is 15.9 Å². The van der Waals surface area contributed by atoms with Crippen molar-refractivity contribution in [2.75, 3.05) is 6.54 Å². The van der Waals surface area contributed by atoms with Gasteiger partial charge >= 0.3 is 0 Å². The molecule has 0 radical (unpaired) electrons. The SMILES string of the molecule is Cc1cccc(S(=O)(=O)NCC(=O)NCc2ccc(-c3cccnc3)nc2)c1. The van der Waals surface area contributed by atoms with Gasteiger partial charge in [-0.05, 0) is 48.4 Å². The number of carbonyl (C=O) groups is 1. The number of aromatic nitrogens is 2. The highest BCUT2D eigenvalue weighted by Crippen LogP contribution is 2.15. The molecule has 0 bridgehead atoms. The van der Waals surface area contributed by atoms with Crippen LogP contribution in [0.15, 0.2) is 72.0 Å². The first-order valence-electron chi connectivity index (χ1n) is 8.62. The van der Waals surface area contributed by atoms with Gasteiger partial charge < -0.3 is 5.32 Å². The van der Waals surface area contributed by atoms with Crippen LogP contribution in [-0.4, -0.2) is 30.8 Å². The van der Waals surface area contributed by atoms with Crippen LogP contribution in [-0.2, 0) is 21.4 Å². The number of amides is 1. The average molecular weight is 396 g/mol. The molecule has 1 aromatic carbocycles. The van der Waals surface area contributed by atoms with Gasteiger partial charge in [0.05, 0.1) is 17.1 Å². The second kappa shape index (κ2) is 8.73. The molecule has 0 aliphatic rings. The van der Waals surface area contributed by atoms with Crippen LogP contribution in [0.1, 0.15) is 11.1 Å². The van der Waals surface area contributed by atoms with Crippen molar-refractivity contribution in [3.05, 3.63) is 78.2 Å². The van der Waals surface area contributed by atoms with E-state index >= 15 is 0 Å². The Balaban J connectivity index is 1.52. The molecule has 0 spiro atoms. The zero-order chi connectivity index (χ0) is 20.0. The maximum atomic E-state index is 12.2. The van der Waals surface area contributed by atoms with E-state index < -0.39 is 15.9 Å². The standard InChI is InChI=1S/C20H20N4O3S/c1-15-4-2-6-18(10-15)28(26,27)24-14-20(25)23-12-16-7-8-19(22-11-16)17-5-3-9-21-13-17/h2-11,13,24H,12,14H2,1H3,(H,23,25). The van der Waals surface area contributed by atoms with E-state index in [-0.39, 0.29) is 18.0 Å². The van der Waals surface area contributed by atoms with E-state index in [2.05, 4.69) is 20.0 Å². The molecule has 3 rings (SSSR count). The van der Waals surface area contributed by atoms with E-state index in [0.717, 1.165) is 22.4 Å². The molecule has 2 N–H and O–H groups in total. The summed E-state index contributed by atoms with van der Waals surface area (Å²) in [6.45, 7) is 1.72. The number of pyridine rings is 2. The Morgan fingerprint density at radius 3 is 2.61 bits per heavy atom. The number of rotatable bonds is 7. The number of benzene rings is 1. The van der Waals surface area contributed by atoms with Crippen LogP contribution in [0.25, 0.3) is 11.3 Å². The Morgan fingerprint density at radius 2 is 1.93 bits per heavy atom. The minimum atomic E-state index is -3.73. The highest BCUT2D eigenvalue weighted by atomic mass is 32.2. The van der Waals surface area contributed by atoms with Gasteiger partial charge in [0.25, 0.3) is 0 Å². The molecular weight excluding hydrogens is 376 g/mol. The molecule has 0 aliphatic carbocycles. The van der Waals surface area contributed by atoms with Gasteiger partial charge in [-0.1, -0.05) is 18.2 Å². The quantitative estimate of drug-likeness (QED) is 0.636. The number of aryl methyl sites for hydroxylation is 1. The predicted octanol–water partition coefficient (Wildman–Crippen LogP) is 2.05. The van der Waals surface area contributed by atoms with Gasteiger partial charge in [0, 0.05) is 30.7 Å². The van der Waals surface area contributed by atoms with E-state index in [0.29, 0.717) is 0 Å². The van der Waals surface area contributed by atoms with Crippen molar-refractivity contribution >= 4 is 15.9 Å². The van der Waals surface area contributed by atoms with Crippen molar-refractivity contribution in [1.29, 1.82) is 0 Å². The summed E-state index contributed by atoms with van der Waals surface area (Å²) in [6, 6.07) is 14.0. The minimum Gasteiger partial charge on any atom is -0.351 e. The average Bonchev–Trinajstić information content (AvgIpc) is 2.72. The monoisotopic (exact) mass is 396 g/mol. The molecule has 7 nitrogen and oxygen atoms in total. The molecule has 0 aliphatic heterocycles. The molecule has 2 heterocycles. The molecular formula is C20H20N4O3S. The fourth-order valence-electron chi connectivity index (χ4n) is 2.50. The fourth-order valence-corrected chi connectivity index (χ4v) is 3.59. The minimum absolute atomic E-state index is 0.135. The Hall–Kier alpha value is -3.10. The second-order valence-electron chi connectivity index (χ2n) is 6.21. The highest BCUT2D eigenvalue weighted by molar-refractivity contribution is 7.89. The molecule has 0 atom stereocenters. The lowest BCUT2D eigenvalue weighted by atomic mass is 10.1. The summed E-state index contributed by atoms with van der Waals surface area (Å²) in [5, 5.41) is 2.68. The van der Waals surface area contributed by atoms with Crippen molar-refractivity contribution < 1.29 is 13.2 Å². The van der Waals surface area contributed by atoms with E-state index in [1.165, 1.54) is 6.07 Å². The van der Waals surface area contributed by atoms with E-state index in [1.807, 2.05) is 24.3 Å². The summed E-state index contributed by atoms with van der Waals surface area (Å²) in [5.41, 5.74) is 3.33. The van der Waals surface area contributed by atoms with Gasteiger partial charge in [-0.25, -0.2) is 13.1 Å². The summed E-state index contributed by atoms with van der Waals surface area (Å²) < 4.78 is 26.8. The molecule has 3 aromatic rings. The Labute approximate surface area is 163 Å². The number of hydrogen-bond donors (Lipinski definition) is 2. The molecule has 0 fully saturated rings. The summed E-state index contributed by atoms with van der Waals surface area (Å²) in [7, 11) is -3.73. The Kier molecular flexibility index (Phi) is 6.13. The summed E-state index contributed by atoms with van der Waals surface area (Å²) in [5.74, 6) is -0.424. The largest absolute Gasteiger partial charge is 0.351 e. The van der Waals surface area contributed by atoms with E-state index in [1.54, 1.807) is 43.7 Å². The first kappa shape index (κ1) is 19.7. The smallest absolute Gasteiger partial charge is 0.241 e. The number of carbonyl (C=O) groups excluding carboxylic acids is 1. The predicted molar refractivity (Wildman–Crippen MR) is 106 cm³/mol. The molecule has 0 saturated heterocycles. The third-order valence-electron chi connectivity index (χ3n) is 3.99. The van der Waals surface area contributed by atoms with Crippen molar-refractivity contribution in [2.45, 2.75) is 18.4 Å². The van der Waals surface area contributed by atoms with Gasteiger partial charge in [0.15, 0.2) is 0 Å². The Morgan fingerprint density at radius 1 is 1.07 bits per heavy atom. The highest BCUT2D eigenvalue weighted by Gasteiger charge is 2.15. The molecule has 1 amide bonds. The number of hydrogen-bond acceptors (Lipinski definition) is 5. The van der Waals surface area contributed by atoms with Gasteiger partial charge in [-0.2, -0.15) is 0 Å². The lowest BCUT2D eigenvalue weighted by Gasteiger charge is -2.09. The molecule has 28 heavy (non-hydrogen) atoms. The second-order valence-corrected chi connectivity index (χ2v) is 7.98. The van der Waals surface area contributed by atoms with Gasteiger partial charge in [-0.3, -0.25) is 14.8 Å². The van der Waals surface area contributed by atoms with Crippen molar-refractivity contribution in [1.82, 2.24) is 20.0 Å². The fraction of sp³-hybridized carbons (Fsp3) is 0.150. The van der Waals surface area contributed by atoms with Gasteiger partial charge in [-0.15, -0.1) is 0 Å². The van der Waals surface area contributed by atoms with Gasteiger partial charge in [0.1, 0.15) is 0 Å². The lowest BCUT2D eigenvalue weighted by molar-refractivity contribution is -0.120. The van der Waals surface area contributed by atoms with E-state index in [4.69, 9.17) is 0 Å². The Bertz CT molecular complexity index is 1050. The summed E-state index contributed by atoms with van der Waals surface area (Å²) in [4.78, 5) is 20.5. The van der Waals surface area contributed by atoms with Crippen LogP contribution in [0.5, 0.6) is 0 Å². The molecule has 8 heteroatoms. The zero-order valence-electron chi connectivity index (χ0n) is 15.3. The van der Waals surface area contributed by atoms with Crippen LogP contribution >= 0.6 is 0 Å². The number of sulfonamides is 1. The van der Waals surface area contributed by atoms with Crippen LogP contribution < -0.4 is 10.0 Å². The lowest BCUT2D eigenvalue weighted by Crippen LogP contribution is -2.36. The summed E-state index contributed by atoms with van der Waals surface area (Å²) in [6.07, 6.45) is 5.09. The van der Waals surface area contributed by atoms with Crippen molar-refractivity contribution in [3.8, 4) is 11.3 Å². The van der Waals surface area contributed by atoms with Crippen LogP contribution in [0.3, 0.4) is 0 Å². The normalized spacial score (nSPS) is 11.2. The van der Waals surface area contributed by atoms with Crippen LogP contribution in [0.2, 0.25) is 0 Å². The third kappa shape index (κ3) is 5.21. The molecule has 144 valence electrons. The number of nitrogens with one attached hydrogen (secondary N) is 2. The maximum Gasteiger partial charge on any atom is 0.241 e. The molecule has 0 saturated carbocycles. The van der Waals surface area contributed by atoms with Crippen molar-refractivity contribution in [2.24, 2.45) is 0 Å². The van der Waals surface area contributed by atoms with Crippen LogP contribution in [0.4, 0.5) is 0 Å². The number of nitrogens with zero attached hydrogens (tertiary/aromatic N) is 2.